The molecule has 1 N–H and O–H groups in total. The summed E-state index contributed by atoms with van der Waals surface area (Å²) in [5.41, 5.74) is 0.773. The minimum Gasteiger partial charge on any atom is -0.481 e. The van der Waals surface area contributed by atoms with Gasteiger partial charge in [0.1, 0.15) is 0 Å². The number of carbonyl (C=O) groups is 1. The molecule has 80 valence electrons. The maximum Gasteiger partial charge on any atom is 0.312 e. The Bertz CT molecular complexity index is 299. The number of rotatable bonds is 4. The van der Waals surface area contributed by atoms with Crippen LogP contribution in [0, 0.1) is 0 Å². The first-order valence-electron chi connectivity index (χ1n) is 4.37. The number of nitrogens with zero attached hydrogens (tertiary/aromatic N) is 2. The molecule has 0 spiro atoms. The maximum atomic E-state index is 10.9. The normalized spacial score (nSPS) is 11.9. The third-order valence-electron chi connectivity index (χ3n) is 2.09. The van der Waals surface area contributed by atoms with Gasteiger partial charge in [0.2, 0.25) is 0 Å². The standard InChI is InChI=1S/C9H14N2O2.BrH/c1-3-4-7(9(12)13)8-5-6-10-11(8)2;/h5-7H,3-4H2,1-2H3,(H,12,13);1H. The van der Waals surface area contributed by atoms with Crippen molar-refractivity contribution in [3.63, 3.8) is 0 Å². The van der Waals surface area contributed by atoms with E-state index >= 15 is 0 Å². The van der Waals surface area contributed by atoms with Crippen molar-refractivity contribution in [1.82, 2.24) is 9.78 Å². The van der Waals surface area contributed by atoms with E-state index in [1.54, 1.807) is 24.0 Å². The summed E-state index contributed by atoms with van der Waals surface area (Å²) in [7, 11) is 1.76. The van der Waals surface area contributed by atoms with Crippen molar-refractivity contribution in [3.8, 4) is 0 Å². The average Bonchev–Trinajstić information content (AvgIpc) is 2.47. The lowest BCUT2D eigenvalue weighted by atomic mass is 10.0. The highest BCUT2D eigenvalue weighted by atomic mass is 79.9. The van der Waals surface area contributed by atoms with E-state index in [1.165, 1.54) is 0 Å². The van der Waals surface area contributed by atoms with E-state index in [0.717, 1.165) is 12.1 Å². The minimum absolute atomic E-state index is 0. The summed E-state index contributed by atoms with van der Waals surface area (Å²) in [5.74, 6) is -1.19. The summed E-state index contributed by atoms with van der Waals surface area (Å²) in [6, 6.07) is 1.76. The number of aryl methyl sites for hydroxylation is 1. The molecule has 1 aromatic heterocycles. The highest BCUT2D eigenvalue weighted by Crippen LogP contribution is 2.20. The fourth-order valence-corrected chi connectivity index (χ4v) is 1.41. The van der Waals surface area contributed by atoms with Crippen molar-refractivity contribution < 1.29 is 9.90 Å². The summed E-state index contributed by atoms with van der Waals surface area (Å²) >= 11 is 0. The Morgan fingerprint density at radius 3 is 2.71 bits per heavy atom. The Morgan fingerprint density at radius 2 is 2.36 bits per heavy atom. The van der Waals surface area contributed by atoms with Gasteiger partial charge in [0, 0.05) is 13.2 Å². The molecule has 1 aromatic rings. The Hall–Kier alpha value is -0.840. The van der Waals surface area contributed by atoms with Gasteiger partial charge < -0.3 is 5.11 Å². The molecule has 0 aromatic carbocycles. The quantitative estimate of drug-likeness (QED) is 0.903. The number of carboxylic acids is 1. The third kappa shape index (κ3) is 2.83. The smallest absolute Gasteiger partial charge is 0.312 e. The van der Waals surface area contributed by atoms with Gasteiger partial charge in [-0.05, 0) is 12.5 Å². The minimum atomic E-state index is -0.773. The summed E-state index contributed by atoms with van der Waals surface area (Å²) in [6.07, 6.45) is 3.15. The van der Waals surface area contributed by atoms with E-state index < -0.39 is 11.9 Å². The van der Waals surface area contributed by atoms with Crippen LogP contribution in [0.2, 0.25) is 0 Å². The van der Waals surface area contributed by atoms with E-state index in [-0.39, 0.29) is 17.0 Å². The predicted molar refractivity (Wildman–Crippen MR) is 58.8 cm³/mol. The van der Waals surface area contributed by atoms with E-state index in [2.05, 4.69) is 5.10 Å². The van der Waals surface area contributed by atoms with Gasteiger partial charge in [-0.1, -0.05) is 13.3 Å². The molecule has 0 aliphatic carbocycles. The SMILES string of the molecule is Br.CCCC(C(=O)O)c1ccnn1C. The summed E-state index contributed by atoms with van der Waals surface area (Å²) in [4.78, 5) is 10.9. The zero-order valence-corrected chi connectivity index (χ0v) is 10.0. The van der Waals surface area contributed by atoms with Crippen LogP contribution in [-0.4, -0.2) is 20.9 Å². The number of aromatic nitrogens is 2. The molecule has 0 saturated heterocycles. The Morgan fingerprint density at radius 1 is 1.71 bits per heavy atom. The third-order valence-corrected chi connectivity index (χ3v) is 2.09. The lowest BCUT2D eigenvalue weighted by molar-refractivity contribution is -0.139. The fourth-order valence-electron chi connectivity index (χ4n) is 1.41. The number of aliphatic carboxylic acids is 1. The van der Waals surface area contributed by atoms with E-state index in [4.69, 9.17) is 5.11 Å². The number of hydrogen-bond acceptors (Lipinski definition) is 2. The molecule has 0 saturated carbocycles. The fraction of sp³-hybridized carbons (Fsp3) is 0.556. The van der Waals surface area contributed by atoms with Crippen LogP contribution in [0.5, 0.6) is 0 Å². The van der Waals surface area contributed by atoms with Gasteiger partial charge in [-0.15, -0.1) is 17.0 Å². The second-order valence-corrected chi connectivity index (χ2v) is 3.06. The molecule has 1 heterocycles. The molecule has 0 radical (unpaired) electrons. The van der Waals surface area contributed by atoms with Crippen LogP contribution >= 0.6 is 17.0 Å². The lowest BCUT2D eigenvalue weighted by Gasteiger charge is -2.10. The maximum absolute atomic E-state index is 10.9. The topological polar surface area (TPSA) is 55.1 Å². The van der Waals surface area contributed by atoms with Crippen LogP contribution in [0.3, 0.4) is 0 Å². The first-order valence-corrected chi connectivity index (χ1v) is 4.37. The van der Waals surface area contributed by atoms with Crippen molar-refractivity contribution in [3.05, 3.63) is 18.0 Å². The van der Waals surface area contributed by atoms with Gasteiger partial charge in [-0.2, -0.15) is 5.10 Å². The van der Waals surface area contributed by atoms with Crippen LogP contribution in [0.1, 0.15) is 31.4 Å². The van der Waals surface area contributed by atoms with Crippen molar-refractivity contribution in [2.24, 2.45) is 7.05 Å². The van der Waals surface area contributed by atoms with Crippen LogP contribution in [-0.2, 0) is 11.8 Å². The second kappa shape index (κ2) is 5.80. The van der Waals surface area contributed by atoms with Crippen molar-refractivity contribution in [2.45, 2.75) is 25.7 Å². The molecule has 0 fully saturated rings. The number of carboxylic acid groups (broad SMARTS) is 1. The highest BCUT2D eigenvalue weighted by Gasteiger charge is 2.21. The number of hydrogen-bond donors (Lipinski definition) is 1. The van der Waals surface area contributed by atoms with Crippen molar-refractivity contribution in [1.29, 1.82) is 0 Å². The molecule has 1 rings (SSSR count). The zero-order valence-electron chi connectivity index (χ0n) is 8.30. The lowest BCUT2D eigenvalue weighted by Crippen LogP contribution is -2.15. The molecule has 0 amide bonds. The van der Waals surface area contributed by atoms with Crippen LogP contribution in [0.25, 0.3) is 0 Å². The molecular weight excluding hydrogens is 248 g/mol. The first-order chi connectivity index (χ1) is 6.16. The molecular formula is C9H15BrN2O2. The van der Waals surface area contributed by atoms with Gasteiger partial charge in [-0.3, -0.25) is 9.48 Å². The van der Waals surface area contributed by atoms with Gasteiger partial charge >= 0.3 is 5.97 Å². The average molecular weight is 263 g/mol. The molecule has 0 aliphatic heterocycles. The Labute approximate surface area is 93.7 Å². The van der Waals surface area contributed by atoms with E-state index in [0.29, 0.717) is 6.42 Å². The second-order valence-electron chi connectivity index (χ2n) is 3.06. The van der Waals surface area contributed by atoms with Gasteiger partial charge in [0.15, 0.2) is 0 Å². The Kier molecular flexibility index (Phi) is 5.45. The largest absolute Gasteiger partial charge is 0.481 e. The summed E-state index contributed by atoms with van der Waals surface area (Å²) < 4.78 is 1.62. The van der Waals surface area contributed by atoms with Crippen molar-refractivity contribution in [2.75, 3.05) is 0 Å². The molecule has 4 nitrogen and oxygen atoms in total. The highest BCUT2D eigenvalue weighted by molar-refractivity contribution is 8.93. The van der Waals surface area contributed by atoms with Gasteiger partial charge in [0.05, 0.1) is 11.6 Å². The van der Waals surface area contributed by atoms with Crippen LogP contribution < -0.4 is 0 Å². The summed E-state index contributed by atoms with van der Waals surface area (Å²) in [5, 5.41) is 12.9. The van der Waals surface area contributed by atoms with Crippen LogP contribution in [0.4, 0.5) is 0 Å². The Balaban J connectivity index is 0.00000169. The zero-order chi connectivity index (χ0) is 9.84. The summed E-state index contributed by atoms with van der Waals surface area (Å²) in [6.45, 7) is 1.98. The van der Waals surface area contributed by atoms with Crippen molar-refractivity contribution >= 4 is 23.0 Å². The predicted octanol–water partition coefficient (Wildman–Crippen LogP) is 1.97. The van der Waals surface area contributed by atoms with Gasteiger partial charge in [0.25, 0.3) is 0 Å². The van der Waals surface area contributed by atoms with Crippen LogP contribution in [0.15, 0.2) is 12.3 Å². The monoisotopic (exact) mass is 262 g/mol. The molecule has 1 unspecified atom stereocenters. The number of halogens is 1. The molecule has 14 heavy (non-hydrogen) atoms. The molecule has 1 atom stereocenters. The molecule has 0 aliphatic rings. The molecule has 0 bridgehead atoms. The van der Waals surface area contributed by atoms with E-state index in [1.807, 2.05) is 6.92 Å². The van der Waals surface area contributed by atoms with Gasteiger partial charge in [-0.25, -0.2) is 0 Å². The molecule has 5 heteroatoms. The van der Waals surface area contributed by atoms with E-state index in [9.17, 15) is 4.79 Å². The first kappa shape index (κ1) is 13.2.